The van der Waals surface area contributed by atoms with Crippen molar-refractivity contribution in [1.29, 1.82) is 0 Å². The molecule has 0 spiro atoms. The molecule has 204 valence electrons. The first-order valence-electron chi connectivity index (χ1n) is 11.3. The van der Waals surface area contributed by atoms with Gasteiger partial charge in [0.05, 0.1) is 11.7 Å². The lowest BCUT2D eigenvalue weighted by molar-refractivity contribution is -0.192. The zero-order valence-electron chi connectivity index (χ0n) is 20.1. The first-order valence-corrected chi connectivity index (χ1v) is 11.3. The Morgan fingerprint density at radius 2 is 1.79 bits per heavy atom. The minimum Gasteiger partial charge on any atom is -0.475 e. The Kier molecular flexibility index (Phi) is 7.51. The van der Waals surface area contributed by atoms with Gasteiger partial charge in [0.1, 0.15) is 0 Å². The van der Waals surface area contributed by atoms with Gasteiger partial charge in [-0.05, 0) is 54.8 Å². The molecular weight excluding hydrogens is 528 g/mol. The molecule has 39 heavy (non-hydrogen) atoms. The molecule has 0 atom stereocenters. The average Bonchev–Trinajstić information content (AvgIpc) is 3.18. The van der Waals surface area contributed by atoms with Gasteiger partial charge in [0.2, 0.25) is 11.9 Å². The summed E-state index contributed by atoms with van der Waals surface area (Å²) in [5, 5.41) is 13.1. The van der Waals surface area contributed by atoms with Crippen LogP contribution in [0.5, 0.6) is 0 Å². The Morgan fingerprint density at radius 1 is 1.10 bits per heavy atom. The number of aromatic nitrogens is 3. The SMILES string of the molecule is CN1C(=O)CCCc2cc(Nc3ncc(F)c(Nc4ccc5oc(=O)[nH]c5c4)n3)ccc21.O=C(O)C(F)(F)F. The third kappa shape index (κ3) is 6.49. The largest absolute Gasteiger partial charge is 0.490 e. The van der Waals surface area contributed by atoms with Crippen LogP contribution in [-0.2, 0) is 16.0 Å². The van der Waals surface area contributed by atoms with Gasteiger partial charge < -0.3 is 25.1 Å². The van der Waals surface area contributed by atoms with E-state index in [0.717, 1.165) is 36.0 Å². The van der Waals surface area contributed by atoms with Crippen molar-refractivity contribution in [2.24, 2.45) is 0 Å². The highest BCUT2D eigenvalue weighted by molar-refractivity contribution is 5.94. The molecule has 0 bridgehead atoms. The van der Waals surface area contributed by atoms with Crippen molar-refractivity contribution in [2.45, 2.75) is 25.4 Å². The number of H-pyrrole nitrogens is 1. The number of anilines is 5. The quantitative estimate of drug-likeness (QED) is 0.271. The summed E-state index contributed by atoms with van der Waals surface area (Å²) in [5.41, 5.74) is 4.08. The predicted molar refractivity (Wildman–Crippen MR) is 132 cm³/mol. The molecule has 2 aromatic carbocycles. The molecule has 15 heteroatoms. The number of hydrogen-bond donors (Lipinski definition) is 4. The molecule has 5 rings (SSSR count). The van der Waals surface area contributed by atoms with Crippen LogP contribution in [0.1, 0.15) is 18.4 Å². The van der Waals surface area contributed by atoms with Crippen LogP contribution in [0, 0.1) is 5.82 Å². The summed E-state index contributed by atoms with van der Waals surface area (Å²) in [7, 11) is 1.77. The smallest absolute Gasteiger partial charge is 0.475 e. The number of alkyl halides is 3. The number of benzene rings is 2. The molecule has 1 amide bonds. The van der Waals surface area contributed by atoms with Crippen LogP contribution in [0.25, 0.3) is 11.1 Å². The number of carboxylic acids is 1. The second-order valence-electron chi connectivity index (χ2n) is 8.32. The number of aryl methyl sites for hydroxylation is 1. The average molecular weight is 548 g/mol. The predicted octanol–water partition coefficient (Wildman–Crippen LogP) is 4.47. The van der Waals surface area contributed by atoms with Crippen molar-refractivity contribution in [2.75, 3.05) is 22.6 Å². The molecule has 4 N–H and O–H groups in total. The standard InChI is InChI=1S/C22H19FN6O3.C2HF3O2/c1-29-17-7-5-13(9-12(17)3-2-4-19(29)30)26-21-24-11-15(23)20(28-21)25-14-6-8-18-16(10-14)27-22(31)32-18;3-2(4,5)1(6)7/h5-11H,2-4H2,1H3,(H,27,31)(H2,24,25,26,28);(H,6,7). The van der Waals surface area contributed by atoms with Crippen molar-refractivity contribution >= 4 is 51.8 Å². The molecule has 1 aliphatic heterocycles. The van der Waals surface area contributed by atoms with Crippen LogP contribution < -0.4 is 21.3 Å². The molecule has 1 aliphatic rings. The number of nitrogens with zero attached hydrogens (tertiary/aromatic N) is 3. The number of halogens is 4. The fourth-order valence-corrected chi connectivity index (χ4v) is 3.73. The van der Waals surface area contributed by atoms with Crippen molar-refractivity contribution in [3.63, 3.8) is 0 Å². The van der Waals surface area contributed by atoms with Gasteiger partial charge in [-0.25, -0.2) is 19.0 Å². The second kappa shape index (κ2) is 10.8. The summed E-state index contributed by atoms with van der Waals surface area (Å²) in [6.45, 7) is 0. The van der Waals surface area contributed by atoms with Crippen LogP contribution >= 0.6 is 0 Å². The number of oxazole rings is 1. The minimum atomic E-state index is -5.08. The van der Waals surface area contributed by atoms with Gasteiger partial charge in [0.25, 0.3) is 0 Å². The number of aliphatic carboxylic acids is 1. The Balaban J connectivity index is 0.000000448. The van der Waals surface area contributed by atoms with E-state index in [1.165, 1.54) is 0 Å². The number of carbonyl (C=O) groups is 2. The van der Waals surface area contributed by atoms with Crippen LogP contribution in [-0.4, -0.2) is 45.2 Å². The maximum atomic E-state index is 14.3. The Bertz CT molecular complexity index is 1600. The van der Waals surface area contributed by atoms with Gasteiger partial charge in [-0.3, -0.25) is 9.78 Å². The summed E-state index contributed by atoms with van der Waals surface area (Å²) in [4.78, 5) is 44.8. The molecule has 0 saturated carbocycles. The maximum Gasteiger partial charge on any atom is 0.490 e. The van der Waals surface area contributed by atoms with Crippen molar-refractivity contribution < 1.29 is 36.7 Å². The molecule has 11 nitrogen and oxygen atoms in total. The lowest BCUT2D eigenvalue weighted by atomic mass is 10.1. The van der Waals surface area contributed by atoms with E-state index in [1.54, 1.807) is 30.1 Å². The van der Waals surface area contributed by atoms with Crippen LogP contribution in [0.4, 0.5) is 46.4 Å². The van der Waals surface area contributed by atoms with E-state index in [1.807, 2.05) is 18.2 Å². The van der Waals surface area contributed by atoms with Crippen LogP contribution in [0.3, 0.4) is 0 Å². The third-order valence-corrected chi connectivity index (χ3v) is 5.58. The van der Waals surface area contributed by atoms with Gasteiger partial charge in [0.15, 0.2) is 17.2 Å². The second-order valence-corrected chi connectivity index (χ2v) is 8.32. The van der Waals surface area contributed by atoms with Crippen molar-refractivity contribution in [3.8, 4) is 0 Å². The molecule has 4 aromatic rings. The first kappa shape index (κ1) is 27.1. The summed E-state index contributed by atoms with van der Waals surface area (Å²) >= 11 is 0. The number of fused-ring (bicyclic) bond motifs is 2. The molecule has 0 unspecified atom stereocenters. The molecule has 0 saturated heterocycles. The van der Waals surface area contributed by atoms with E-state index in [4.69, 9.17) is 14.3 Å². The van der Waals surface area contributed by atoms with Crippen molar-refractivity contribution in [1.82, 2.24) is 15.0 Å². The highest BCUT2D eigenvalue weighted by Gasteiger charge is 2.38. The summed E-state index contributed by atoms with van der Waals surface area (Å²) in [6.07, 6.45) is -1.92. The molecule has 0 aliphatic carbocycles. The highest BCUT2D eigenvalue weighted by atomic mass is 19.4. The Labute approximate surface area is 216 Å². The van der Waals surface area contributed by atoms with Gasteiger partial charge >= 0.3 is 17.9 Å². The van der Waals surface area contributed by atoms with E-state index < -0.39 is 23.7 Å². The summed E-state index contributed by atoms with van der Waals surface area (Å²) in [6, 6.07) is 10.5. The molecular formula is C24H20F4N6O5. The first-order chi connectivity index (χ1) is 18.4. The summed E-state index contributed by atoms with van der Waals surface area (Å²) in [5.74, 6) is -3.66. The number of nitrogens with one attached hydrogen (secondary N) is 3. The van der Waals surface area contributed by atoms with Gasteiger partial charge in [0, 0.05) is 30.5 Å². The zero-order chi connectivity index (χ0) is 28.3. The molecule has 3 heterocycles. The van der Waals surface area contributed by atoms with Gasteiger partial charge in [-0.15, -0.1) is 0 Å². The fraction of sp³-hybridized carbons (Fsp3) is 0.208. The number of amides is 1. The molecule has 0 radical (unpaired) electrons. The summed E-state index contributed by atoms with van der Waals surface area (Å²) < 4.78 is 51.0. The van der Waals surface area contributed by atoms with Gasteiger partial charge in [-0.1, -0.05) is 0 Å². The normalized spacial score (nSPS) is 13.3. The number of carboxylic acid groups (broad SMARTS) is 1. The Hall–Kier alpha value is -4.95. The van der Waals surface area contributed by atoms with Crippen molar-refractivity contribution in [3.05, 3.63) is 64.5 Å². The van der Waals surface area contributed by atoms with Crippen LogP contribution in [0.15, 0.2) is 51.8 Å². The number of rotatable bonds is 4. The Morgan fingerprint density at radius 3 is 2.51 bits per heavy atom. The van der Waals surface area contributed by atoms with Crippen LogP contribution in [0.2, 0.25) is 0 Å². The van der Waals surface area contributed by atoms with E-state index in [-0.39, 0.29) is 17.7 Å². The highest BCUT2D eigenvalue weighted by Crippen LogP contribution is 2.30. The zero-order valence-corrected chi connectivity index (χ0v) is 20.1. The number of hydrogen-bond acceptors (Lipinski definition) is 8. The van der Waals surface area contributed by atoms with Gasteiger partial charge in [-0.2, -0.15) is 18.2 Å². The monoisotopic (exact) mass is 548 g/mol. The van der Waals surface area contributed by atoms with E-state index in [2.05, 4.69) is 25.6 Å². The number of aromatic amines is 1. The van der Waals surface area contributed by atoms with E-state index in [9.17, 15) is 27.2 Å². The molecule has 2 aromatic heterocycles. The lowest BCUT2D eigenvalue weighted by Crippen LogP contribution is -2.24. The topological polar surface area (TPSA) is 153 Å². The fourth-order valence-electron chi connectivity index (χ4n) is 3.73. The molecule has 0 fully saturated rings. The number of carbonyl (C=O) groups excluding carboxylic acids is 1. The maximum absolute atomic E-state index is 14.3. The van der Waals surface area contributed by atoms with E-state index in [0.29, 0.717) is 23.2 Å². The minimum absolute atomic E-state index is 0.0206. The lowest BCUT2D eigenvalue weighted by Gasteiger charge is -2.18. The third-order valence-electron chi connectivity index (χ3n) is 5.58. The van der Waals surface area contributed by atoms with E-state index >= 15 is 0 Å².